The fraction of sp³-hybridized carbons (Fsp3) is 0.179. The lowest BCUT2D eigenvalue weighted by atomic mass is 9.96. The molecule has 0 aliphatic carbocycles. The summed E-state index contributed by atoms with van der Waals surface area (Å²) in [6.45, 7) is 8.36. The van der Waals surface area contributed by atoms with Gasteiger partial charge in [0, 0.05) is 17.5 Å². The number of benzene rings is 3. The Labute approximate surface area is 194 Å². The lowest BCUT2D eigenvalue weighted by Gasteiger charge is -2.38. The fourth-order valence-corrected chi connectivity index (χ4v) is 4.21. The Bertz CT molecular complexity index is 1170. The summed E-state index contributed by atoms with van der Waals surface area (Å²) in [5.41, 5.74) is 4.30. The fourth-order valence-electron chi connectivity index (χ4n) is 4.21. The summed E-state index contributed by atoms with van der Waals surface area (Å²) in [5, 5.41) is 7.11. The molecule has 5 nitrogen and oxygen atoms in total. The van der Waals surface area contributed by atoms with Crippen LogP contribution in [0.3, 0.4) is 0 Å². The molecule has 0 N–H and O–H groups in total. The van der Waals surface area contributed by atoms with Crippen LogP contribution < -0.4 is 14.2 Å². The first kappa shape index (κ1) is 20.9. The zero-order valence-electron chi connectivity index (χ0n) is 18.4. The van der Waals surface area contributed by atoms with Gasteiger partial charge in [-0.3, -0.25) is 0 Å². The van der Waals surface area contributed by atoms with Crippen LogP contribution in [-0.4, -0.2) is 23.9 Å². The molecule has 33 heavy (non-hydrogen) atoms. The molecule has 3 aromatic carbocycles. The second kappa shape index (κ2) is 9.25. The Morgan fingerprint density at radius 3 is 2.18 bits per heavy atom. The largest absolute Gasteiger partial charge is 0.490 e. The van der Waals surface area contributed by atoms with E-state index >= 15 is 0 Å². The highest BCUT2D eigenvalue weighted by Gasteiger charge is 2.40. The average molecular weight is 439 g/mol. The molecule has 0 saturated heterocycles. The Morgan fingerprint density at radius 1 is 0.879 bits per heavy atom. The quantitative estimate of drug-likeness (QED) is 0.401. The van der Waals surface area contributed by atoms with E-state index in [2.05, 4.69) is 42.4 Å². The normalized spacial score (nSPS) is 18.4. The number of hydrazone groups is 1. The number of para-hydroxylation sites is 1. The summed E-state index contributed by atoms with van der Waals surface area (Å²) < 4.78 is 17.7. The third-order valence-corrected chi connectivity index (χ3v) is 5.79. The molecule has 0 unspecified atom stereocenters. The van der Waals surface area contributed by atoms with E-state index < -0.39 is 0 Å². The van der Waals surface area contributed by atoms with Gasteiger partial charge in [-0.05, 0) is 60.2 Å². The number of hydrogen-bond acceptors (Lipinski definition) is 5. The van der Waals surface area contributed by atoms with Crippen LogP contribution >= 0.6 is 0 Å². The molecule has 0 amide bonds. The maximum Gasteiger partial charge on any atom is 0.213 e. The zero-order chi connectivity index (χ0) is 22.6. The van der Waals surface area contributed by atoms with E-state index in [1.807, 2.05) is 48.5 Å². The van der Waals surface area contributed by atoms with Gasteiger partial charge in [-0.2, -0.15) is 5.10 Å². The predicted octanol–water partition coefficient (Wildman–Crippen LogP) is 6.06. The van der Waals surface area contributed by atoms with Crippen LogP contribution in [0.4, 0.5) is 0 Å². The molecule has 2 aliphatic rings. The Kier molecular flexibility index (Phi) is 5.85. The van der Waals surface area contributed by atoms with E-state index in [1.54, 1.807) is 12.2 Å². The van der Waals surface area contributed by atoms with Gasteiger partial charge in [-0.25, -0.2) is 5.01 Å². The minimum Gasteiger partial charge on any atom is -0.490 e. The van der Waals surface area contributed by atoms with Crippen LogP contribution in [0.5, 0.6) is 17.2 Å². The lowest BCUT2D eigenvalue weighted by molar-refractivity contribution is -0.0190. The molecule has 5 rings (SSSR count). The summed E-state index contributed by atoms with van der Waals surface area (Å²) in [6, 6.07) is 24.4. The van der Waals surface area contributed by atoms with Gasteiger partial charge in [0.05, 0.1) is 11.8 Å². The number of hydrogen-bond donors (Lipinski definition) is 0. The monoisotopic (exact) mass is 438 g/mol. The van der Waals surface area contributed by atoms with Crippen LogP contribution in [0.1, 0.15) is 35.4 Å². The molecule has 0 radical (unpaired) electrons. The molecule has 0 saturated carbocycles. The molecule has 2 aliphatic heterocycles. The van der Waals surface area contributed by atoms with Crippen molar-refractivity contribution in [2.75, 3.05) is 13.2 Å². The average Bonchev–Trinajstić information content (AvgIpc) is 3.32. The van der Waals surface area contributed by atoms with E-state index in [0.29, 0.717) is 13.2 Å². The van der Waals surface area contributed by atoms with Gasteiger partial charge >= 0.3 is 0 Å². The first-order valence-electron chi connectivity index (χ1n) is 11.1. The van der Waals surface area contributed by atoms with Gasteiger partial charge in [0.25, 0.3) is 0 Å². The third kappa shape index (κ3) is 4.22. The zero-order valence-corrected chi connectivity index (χ0v) is 18.4. The highest BCUT2D eigenvalue weighted by Crippen LogP contribution is 2.47. The smallest absolute Gasteiger partial charge is 0.213 e. The van der Waals surface area contributed by atoms with Crippen molar-refractivity contribution in [2.45, 2.75) is 18.7 Å². The Balaban J connectivity index is 1.45. The first-order valence-corrected chi connectivity index (χ1v) is 11.1. The molecule has 3 aromatic rings. The van der Waals surface area contributed by atoms with Crippen molar-refractivity contribution in [3.05, 3.63) is 115 Å². The second-order valence-electron chi connectivity index (χ2n) is 7.95. The van der Waals surface area contributed by atoms with Crippen molar-refractivity contribution < 1.29 is 14.2 Å². The van der Waals surface area contributed by atoms with Crippen molar-refractivity contribution in [2.24, 2.45) is 5.10 Å². The summed E-state index contributed by atoms with van der Waals surface area (Å²) in [5.74, 6) is 2.52. The highest BCUT2D eigenvalue weighted by molar-refractivity contribution is 6.02. The van der Waals surface area contributed by atoms with Crippen molar-refractivity contribution in [1.82, 2.24) is 5.01 Å². The standard InChI is InChI=1S/C28H26N2O3/c1-3-17-31-22-13-9-20(10-14-22)25-19-26-24-7-5-6-8-27(24)33-28(30(26)29-25)21-11-15-23(16-12-21)32-18-4-2/h3-16,26,28H,1-2,17-19H2/t26-,28-/m1/s1. The van der Waals surface area contributed by atoms with Gasteiger partial charge in [0.2, 0.25) is 6.23 Å². The van der Waals surface area contributed by atoms with Gasteiger partial charge in [-0.15, -0.1) is 0 Å². The van der Waals surface area contributed by atoms with Crippen LogP contribution in [0, 0.1) is 0 Å². The molecule has 5 heteroatoms. The molecule has 2 heterocycles. The van der Waals surface area contributed by atoms with E-state index in [9.17, 15) is 0 Å². The predicted molar refractivity (Wildman–Crippen MR) is 130 cm³/mol. The van der Waals surface area contributed by atoms with Gasteiger partial charge in [0.15, 0.2) is 0 Å². The van der Waals surface area contributed by atoms with E-state index in [1.165, 1.54) is 0 Å². The van der Waals surface area contributed by atoms with Crippen LogP contribution in [0.15, 0.2) is 103 Å². The summed E-state index contributed by atoms with van der Waals surface area (Å²) in [6.07, 6.45) is 3.97. The molecule has 0 bridgehead atoms. The Hall–Kier alpha value is -3.99. The first-order chi connectivity index (χ1) is 16.3. The molecule has 166 valence electrons. The van der Waals surface area contributed by atoms with Gasteiger partial charge in [-0.1, -0.05) is 43.5 Å². The van der Waals surface area contributed by atoms with Gasteiger partial charge < -0.3 is 14.2 Å². The molecule has 0 spiro atoms. The van der Waals surface area contributed by atoms with Crippen LogP contribution in [0.25, 0.3) is 0 Å². The topological polar surface area (TPSA) is 43.3 Å². The van der Waals surface area contributed by atoms with Crippen LogP contribution in [-0.2, 0) is 0 Å². The number of ether oxygens (including phenoxy) is 3. The van der Waals surface area contributed by atoms with Gasteiger partial charge in [0.1, 0.15) is 30.5 Å². The molecule has 2 atom stereocenters. The second-order valence-corrected chi connectivity index (χ2v) is 7.95. The van der Waals surface area contributed by atoms with Crippen LogP contribution in [0.2, 0.25) is 0 Å². The number of nitrogens with zero attached hydrogens (tertiary/aromatic N) is 2. The van der Waals surface area contributed by atoms with Crippen molar-refractivity contribution in [3.8, 4) is 17.2 Å². The molecular weight excluding hydrogens is 412 g/mol. The SMILES string of the molecule is C=CCOc1ccc(C2=NN3[C@H](C2)c2ccccc2O[C@@H]3c2ccc(OCC=C)cc2)cc1. The Morgan fingerprint density at radius 2 is 1.52 bits per heavy atom. The molecule has 0 aromatic heterocycles. The highest BCUT2D eigenvalue weighted by atomic mass is 16.5. The minimum absolute atomic E-state index is 0.114. The van der Waals surface area contributed by atoms with Crippen molar-refractivity contribution >= 4 is 5.71 Å². The third-order valence-electron chi connectivity index (χ3n) is 5.79. The number of fused-ring (bicyclic) bond motifs is 3. The maximum absolute atomic E-state index is 6.43. The molecule has 0 fully saturated rings. The van der Waals surface area contributed by atoms with E-state index in [4.69, 9.17) is 19.3 Å². The maximum atomic E-state index is 6.43. The van der Waals surface area contributed by atoms with E-state index in [0.717, 1.165) is 46.1 Å². The summed E-state index contributed by atoms with van der Waals surface area (Å²) in [7, 11) is 0. The summed E-state index contributed by atoms with van der Waals surface area (Å²) in [4.78, 5) is 0. The van der Waals surface area contributed by atoms with Crippen molar-refractivity contribution in [3.63, 3.8) is 0 Å². The van der Waals surface area contributed by atoms with Crippen molar-refractivity contribution in [1.29, 1.82) is 0 Å². The minimum atomic E-state index is -0.314. The lowest BCUT2D eigenvalue weighted by Crippen LogP contribution is -2.33. The number of rotatable bonds is 8. The molecular formula is C28H26N2O3. The summed E-state index contributed by atoms with van der Waals surface area (Å²) >= 11 is 0. The van der Waals surface area contributed by atoms with E-state index in [-0.39, 0.29) is 12.3 Å².